The van der Waals surface area contributed by atoms with E-state index in [2.05, 4.69) is 30.8 Å². The lowest BCUT2D eigenvalue weighted by molar-refractivity contribution is -0.146. The Balaban J connectivity index is 1.74. The van der Waals surface area contributed by atoms with Crippen LogP contribution in [0, 0.1) is 19.8 Å². The van der Waals surface area contributed by atoms with Crippen molar-refractivity contribution in [2.75, 3.05) is 6.54 Å². The number of hydrogen-bond donors (Lipinski definition) is 0. The van der Waals surface area contributed by atoms with E-state index in [9.17, 15) is 9.59 Å². The van der Waals surface area contributed by atoms with Crippen LogP contribution in [0.15, 0.2) is 0 Å². The minimum absolute atomic E-state index is 0.0874. The van der Waals surface area contributed by atoms with Crippen LogP contribution in [0.25, 0.3) is 0 Å². The summed E-state index contributed by atoms with van der Waals surface area (Å²) < 4.78 is 1.89. The van der Waals surface area contributed by atoms with Crippen LogP contribution in [-0.2, 0) is 23.2 Å². The molecule has 2 heterocycles. The van der Waals surface area contributed by atoms with Gasteiger partial charge in [0, 0.05) is 49.9 Å². The smallest absolute Gasteiger partial charge is 0.228 e. The van der Waals surface area contributed by atoms with Crippen molar-refractivity contribution in [1.29, 1.82) is 0 Å². The monoisotopic (exact) mass is 402 g/mol. The van der Waals surface area contributed by atoms with E-state index in [0.29, 0.717) is 32.0 Å². The SMILES string of the molecule is Cc1nn(C)c(C)c1CN(C(=O)[C@@H]1CCC(=O)N(C2CCCCCC2)C1)C(C)C. The van der Waals surface area contributed by atoms with Gasteiger partial charge in [0.1, 0.15) is 0 Å². The van der Waals surface area contributed by atoms with E-state index in [-0.39, 0.29) is 23.8 Å². The van der Waals surface area contributed by atoms with Crippen molar-refractivity contribution in [2.24, 2.45) is 13.0 Å². The number of hydrogen-bond acceptors (Lipinski definition) is 3. The first-order valence-electron chi connectivity index (χ1n) is 11.4. The van der Waals surface area contributed by atoms with Crippen molar-refractivity contribution in [3.63, 3.8) is 0 Å². The van der Waals surface area contributed by atoms with Crippen LogP contribution in [0.5, 0.6) is 0 Å². The molecule has 29 heavy (non-hydrogen) atoms. The summed E-state index contributed by atoms with van der Waals surface area (Å²) in [5.74, 6) is 0.348. The van der Waals surface area contributed by atoms with Gasteiger partial charge < -0.3 is 9.80 Å². The van der Waals surface area contributed by atoms with Gasteiger partial charge in [-0.25, -0.2) is 0 Å². The normalized spacial score (nSPS) is 21.5. The van der Waals surface area contributed by atoms with Gasteiger partial charge in [-0.1, -0.05) is 25.7 Å². The van der Waals surface area contributed by atoms with Gasteiger partial charge in [0.05, 0.1) is 11.6 Å². The number of carbonyl (C=O) groups excluding carboxylic acids is 2. The fourth-order valence-electron chi connectivity index (χ4n) is 4.96. The Hall–Kier alpha value is -1.85. The zero-order chi connectivity index (χ0) is 21.1. The van der Waals surface area contributed by atoms with Crippen molar-refractivity contribution < 1.29 is 9.59 Å². The average Bonchev–Trinajstić information content (AvgIpc) is 2.88. The number of aromatic nitrogens is 2. The predicted octanol–water partition coefficient (Wildman–Crippen LogP) is 3.74. The zero-order valence-electron chi connectivity index (χ0n) is 18.9. The van der Waals surface area contributed by atoms with Crippen LogP contribution in [0.4, 0.5) is 0 Å². The molecule has 0 unspecified atom stereocenters. The molecule has 1 aliphatic carbocycles. The summed E-state index contributed by atoms with van der Waals surface area (Å²) in [5.41, 5.74) is 3.24. The Morgan fingerprint density at radius 1 is 1.14 bits per heavy atom. The zero-order valence-corrected chi connectivity index (χ0v) is 18.9. The maximum atomic E-state index is 13.5. The first-order chi connectivity index (χ1) is 13.8. The van der Waals surface area contributed by atoms with Crippen molar-refractivity contribution in [1.82, 2.24) is 19.6 Å². The highest BCUT2D eigenvalue weighted by atomic mass is 16.2. The molecular weight excluding hydrogens is 364 g/mol. The van der Waals surface area contributed by atoms with E-state index in [4.69, 9.17) is 0 Å². The molecule has 0 aromatic carbocycles. The second kappa shape index (κ2) is 9.31. The van der Waals surface area contributed by atoms with E-state index in [1.165, 1.54) is 25.7 Å². The van der Waals surface area contributed by atoms with Gasteiger partial charge in [-0.3, -0.25) is 14.3 Å². The molecule has 0 radical (unpaired) electrons. The van der Waals surface area contributed by atoms with Crippen LogP contribution in [0.2, 0.25) is 0 Å². The molecule has 1 saturated carbocycles. The fraction of sp³-hybridized carbons (Fsp3) is 0.783. The Kier molecular flexibility index (Phi) is 7.01. The molecule has 2 aliphatic rings. The number of likely N-dealkylation sites (tertiary alicyclic amines) is 1. The summed E-state index contributed by atoms with van der Waals surface area (Å²) in [6.07, 6.45) is 8.30. The quantitative estimate of drug-likeness (QED) is 0.705. The molecular formula is C23H38N4O2. The number of rotatable bonds is 5. The molecule has 0 spiro atoms. The molecule has 1 atom stereocenters. The molecule has 2 fully saturated rings. The second-order valence-electron chi connectivity index (χ2n) is 9.26. The van der Waals surface area contributed by atoms with Crippen LogP contribution in [-0.4, -0.2) is 50.0 Å². The molecule has 0 N–H and O–H groups in total. The molecule has 0 bridgehead atoms. The number of nitrogens with zero attached hydrogens (tertiary/aromatic N) is 4. The summed E-state index contributed by atoms with van der Waals surface area (Å²) in [5, 5.41) is 4.51. The van der Waals surface area contributed by atoms with Gasteiger partial charge in [-0.2, -0.15) is 5.10 Å². The molecule has 6 nitrogen and oxygen atoms in total. The molecule has 3 rings (SSSR count). The summed E-state index contributed by atoms with van der Waals surface area (Å²) in [6, 6.07) is 0.446. The van der Waals surface area contributed by atoms with Gasteiger partial charge in [0.15, 0.2) is 0 Å². The van der Waals surface area contributed by atoms with E-state index in [1.807, 2.05) is 23.6 Å². The van der Waals surface area contributed by atoms with E-state index >= 15 is 0 Å². The molecule has 1 saturated heterocycles. The summed E-state index contributed by atoms with van der Waals surface area (Å²) in [6.45, 7) is 9.42. The van der Waals surface area contributed by atoms with Crippen LogP contribution < -0.4 is 0 Å². The van der Waals surface area contributed by atoms with Crippen molar-refractivity contribution in [3.8, 4) is 0 Å². The van der Waals surface area contributed by atoms with Crippen molar-refractivity contribution in [3.05, 3.63) is 17.0 Å². The lowest BCUT2D eigenvalue weighted by atomic mass is 9.92. The maximum absolute atomic E-state index is 13.5. The first kappa shape index (κ1) is 21.8. The number of amides is 2. The fourth-order valence-corrected chi connectivity index (χ4v) is 4.96. The Bertz CT molecular complexity index is 731. The van der Waals surface area contributed by atoms with Gasteiger partial charge in [-0.15, -0.1) is 0 Å². The molecule has 1 aliphatic heterocycles. The van der Waals surface area contributed by atoms with E-state index < -0.39 is 0 Å². The third-order valence-corrected chi connectivity index (χ3v) is 6.95. The Morgan fingerprint density at radius 2 is 1.79 bits per heavy atom. The van der Waals surface area contributed by atoms with Crippen molar-refractivity contribution in [2.45, 2.75) is 97.7 Å². The van der Waals surface area contributed by atoms with Crippen LogP contribution >= 0.6 is 0 Å². The number of piperidine rings is 1. The Morgan fingerprint density at radius 3 is 2.34 bits per heavy atom. The highest BCUT2D eigenvalue weighted by Crippen LogP contribution is 2.29. The lowest BCUT2D eigenvalue weighted by Crippen LogP contribution is -2.51. The van der Waals surface area contributed by atoms with Crippen LogP contribution in [0.3, 0.4) is 0 Å². The minimum atomic E-state index is -0.0874. The lowest BCUT2D eigenvalue weighted by Gasteiger charge is -2.40. The molecule has 2 amide bonds. The Labute approximate surface area is 175 Å². The van der Waals surface area contributed by atoms with E-state index in [0.717, 1.165) is 29.8 Å². The minimum Gasteiger partial charge on any atom is -0.339 e. The topological polar surface area (TPSA) is 58.4 Å². The van der Waals surface area contributed by atoms with Crippen LogP contribution in [0.1, 0.15) is 82.2 Å². The number of carbonyl (C=O) groups is 2. The largest absolute Gasteiger partial charge is 0.339 e. The summed E-state index contributed by atoms with van der Waals surface area (Å²) >= 11 is 0. The van der Waals surface area contributed by atoms with Crippen molar-refractivity contribution >= 4 is 11.8 Å². The summed E-state index contributed by atoms with van der Waals surface area (Å²) in [4.78, 5) is 30.2. The van der Waals surface area contributed by atoms with E-state index in [1.54, 1.807) is 0 Å². The average molecular weight is 403 g/mol. The molecule has 6 heteroatoms. The highest BCUT2D eigenvalue weighted by molar-refractivity contribution is 5.84. The second-order valence-corrected chi connectivity index (χ2v) is 9.26. The maximum Gasteiger partial charge on any atom is 0.228 e. The standard InChI is InChI=1S/C23H38N4O2/c1-16(2)26(15-21-17(3)24-25(5)18(21)4)23(29)19-12-13-22(28)27(14-19)20-10-8-6-7-9-11-20/h16,19-20H,6-15H2,1-5H3/t19-/m1/s1. The number of aryl methyl sites for hydroxylation is 2. The highest BCUT2D eigenvalue weighted by Gasteiger charge is 2.36. The third kappa shape index (κ3) is 4.84. The third-order valence-electron chi connectivity index (χ3n) is 6.95. The summed E-state index contributed by atoms with van der Waals surface area (Å²) in [7, 11) is 1.95. The molecule has 1 aromatic rings. The molecule has 1 aromatic heterocycles. The predicted molar refractivity (Wildman–Crippen MR) is 114 cm³/mol. The van der Waals surface area contributed by atoms with Gasteiger partial charge >= 0.3 is 0 Å². The molecule has 162 valence electrons. The van der Waals surface area contributed by atoms with Gasteiger partial charge in [0.2, 0.25) is 11.8 Å². The first-order valence-corrected chi connectivity index (χ1v) is 11.4. The van der Waals surface area contributed by atoms with Gasteiger partial charge in [-0.05, 0) is 47.0 Å². The van der Waals surface area contributed by atoms with Gasteiger partial charge in [0.25, 0.3) is 0 Å².